The fourth-order valence-corrected chi connectivity index (χ4v) is 3.68. The third kappa shape index (κ3) is 4.05. The normalized spacial score (nSPS) is 19.0. The van der Waals surface area contributed by atoms with Crippen LogP contribution in [0, 0.1) is 6.92 Å². The van der Waals surface area contributed by atoms with Crippen molar-refractivity contribution in [3.63, 3.8) is 0 Å². The molecule has 3 rings (SSSR count). The molecule has 0 aliphatic carbocycles. The van der Waals surface area contributed by atoms with Gasteiger partial charge in [0.15, 0.2) is 11.5 Å². The zero-order chi connectivity index (χ0) is 19.6. The third-order valence-electron chi connectivity index (χ3n) is 4.42. The standard InChI is InChI=1S/C17H21N7O2S/c1-4-14(25)24-6-5-11(10(24)3)20-12-8-19-15(16(18)26)17(21-12)22-13-7-9(2)23-27-13/h4,7-8,10-11H,1,5-6H2,2-3H3,(H2,18,26)(H2,20,21,22)/t10-,11-/m1/s1. The van der Waals surface area contributed by atoms with Gasteiger partial charge in [0.05, 0.1) is 11.9 Å². The van der Waals surface area contributed by atoms with Crippen molar-refractivity contribution in [1.29, 1.82) is 0 Å². The van der Waals surface area contributed by atoms with Crippen molar-refractivity contribution in [1.82, 2.24) is 19.2 Å². The summed E-state index contributed by atoms with van der Waals surface area (Å²) in [6.07, 6.45) is 3.56. The van der Waals surface area contributed by atoms with Crippen LogP contribution in [0.2, 0.25) is 0 Å². The van der Waals surface area contributed by atoms with Gasteiger partial charge in [-0.2, -0.15) is 4.37 Å². The molecule has 3 heterocycles. The van der Waals surface area contributed by atoms with Gasteiger partial charge < -0.3 is 21.3 Å². The van der Waals surface area contributed by atoms with E-state index in [0.29, 0.717) is 12.4 Å². The second-order valence-corrected chi connectivity index (χ2v) is 7.10. The first-order chi connectivity index (χ1) is 12.9. The number of anilines is 3. The number of likely N-dealkylation sites (tertiary alicyclic amines) is 1. The van der Waals surface area contributed by atoms with Crippen molar-refractivity contribution in [3.05, 3.63) is 36.3 Å². The number of carbonyl (C=O) groups is 2. The third-order valence-corrected chi connectivity index (χ3v) is 5.22. The molecule has 1 aliphatic heterocycles. The zero-order valence-corrected chi connectivity index (χ0v) is 15.9. The van der Waals surface area contributed by atoms with Crippen molar-refractivity contribution >= 4 is 40.0 Å². The molecular formula is C17H21N7O2S. The summed E-state index contributed by atoms with van der Waals surface area (Å²) >= 11 is 1.25. The molecular weight excluding hydrogens is 366 g/mol. The van der Waals surface area contributed by atoms with Gasteiger partial charge >= 0.3 is 0 Å². The van der Waals surface area contributed by atoms with E-state index >= 15 is 0 Å². The predicted molar refractivity (Wildman–Crippen MR) is 104 cm³/mol. The number of hydrogen-bond acceptors (Lipinski definition) is 8. The second kappa shape index (κ2) is 7.70. The summed E-state index contributed by atoms with van der Waals surface area (Å²) in [4.78, 5) is 33.9. The SMILES string of the molecule is C=CC(=O)N1CC[C@@H](Nc2cnc(C(N)=O)c(Nc3cc(C)ns3)n2)[C@H]1C. The molecule has 2 atom stereocenters. The van der Waals surface area contributed by atoms with E-state index in [1.807, 2.05) is 19.9 Å². The highest BCUT2D eigenvalue weighted by atomic mass is 32.1. The van der Waals surface area contributed by atoms with Gasteiger partial charge in [-0.3, -0.25) is 9.59 Å². The van der Waals surface area contributed by atoms with E-state index in [0.717, 1.165) is 17.1 Å². The number of aryl methyl sites for hydroxylation is 1. The summed E-state index contributed by atoms with van der Waals surface area (Å²) in [6.45, 7) is 8.02. The van der Waals surface area contributed by atoms with Crippen LogP contribution in [0.25, 0.3) is 0 Å². The minimum atomic E-state index is -0.672. The first-order valence-corrected chi connectivity index (χ1v) is 9.23. The van der Waals surface area contributed by atoms with E-state index in [9.17, 15) is 9.59 Å². The number of hydrogen-bond donors (Lipinski definition) is 3. The predicted octanol–water partition coefficient (Wildman–Crippen LogP) is 1.67. The van der Waals surface area contributed by atoms with Crippen molar-refractivity contribution in [2.45, 2.75) is 32.4 Å². The first kappa shape index (κ1) is 18.8. The Kier molecular flexibility index (Phi) is 5.36. The van der Waals surface area contributed by atoms with E-state index in [1.54, 1.807) is 4.90 Å². The van der Waals surface area contributed by atoms with Gasteiger partial charge in [-0.05, 0) is 43.9 Å². The van der Waals surface area contributed by atoms with Crippen LogP contribution in [0.15, 0.2) is 24.9 Å². The number of rotatable bonds is 6. The largest absolute Gasteiger partial charge is 0.364 e. The van der Waals surface area contributed by atoms with E-state index < -0.39 is 5.91 Å². The number of carbonyl (C=O) groups excluding carboxylic acids is 2. The van der Waals surface area contributed by atoms with Gasteiger partial charge in [-0.1, -0.05) is 6.58 Å². The Bertz CT molecular complexity index is 882. The van der Waals surface area contributed by atoms with Crippen molar-refractivity contribution in [2.24, 2.45) is 5.73 Å². The minimum Gasteiger partial charge on any atom is -0.364 e. The Labute approximate surface area is 160 Å². The summed E-state index contributed by atoms with van der Waals surface area (Å²) in [5.74, 6) is -0.00558. The maximum absolute atomic E-state index is 11.9. The molecule has 142 valence electrons. The molecule has 1 fully saturated rings. The highest BCUT2D eigenvalue weighted by Crippen LogP contribution is 2.25. The fraction of sp³-hybridized carbons (Fsp3) is 0.353. The Morgan fingerprint density at radius 2 is 2.26 bits per heavy atom. The van der Waals surface area contributed by atoms with E-state index in [4.69, 9.17) is 5.73 Å². The summed E-state index contributed by atoms with van der Waals surface area (Å²) in [5, 5.41) is 7.08. The minimum absolute atomic E-state index is 0.0149. The molecule has 1 aliphatic rings. The molecule has 1 saturated heterocycles. The monoisotopic (exact) mass is 387 g/mol. The molecule has 0 spiro atoms. The average molecular weight is 387 g/mol. The molecule has 9 nitrogen and oxygen atoms in total. The number of amides is 2. The Morgan fingerprint density at radius 3 is 2.89 bits per heavy atom. The average Bonchev–Trinajstić information content (AvgIpc) is 3.20. The molecule has 0 saturated carbocycles. The molecule has 0 unspecified atom stereocenters. The summed E-state index contributed by atoms with van der Waals surface area (Å²) < 4.78 is 4.19. The molecule has 10 heteroatoms. The Hall–Kier alpha value is -3.01. The lowest BCUT2D eigenvalue weighted by atomic mass is 10.1. The van der Waals surface area contributed by atoms with Gasteiger partial charge in [0, 0.05) is 18.6 Å². The van der Waals surface area contributed by atoms with Crippen LogP contribution in [0.5, 0.6) is 0 Å². The van der Waals surface area contributed by atoms with Gasteiger partial charge in [-0.15, -0.1) is 0 Å². The van der Waals surface area contributed by atoms with Gasteiger partial charge in [-0.25, -0.2) is 9.97 Å². The molecule has 0 bridgehead atoms. The van der Waals surface area contributed by atoms with Gasteiger partial charge in [0.1, 0.15) is 10.8 Å². The Morgan fingerprint density at radius 1 is 1.48 bits per heavy atom. The van der Waals surface area contributed by atoms with Crippen molar-refractivity contribution in [2.75, 3.05) is 17.2 Å². The van der Waals surface area contributed by atoms with E-state index in [2.05, 4.69) is 31.6 Å². The highest BCUT2D eigenvalue weighted by molar-refractivity contribution is 7.10. The maximum Gasteiger partial charge on any atom is 0.271 e. The van der Waals surface area contributed by atoms with Gasteiger partial charge in [0.25, 0.3) is 5.91 Å². The summed E-state index contributed by atoms with van der Waals surface area (Å²) in [5.41, 5.74) is 6.32. The quantitative estimate of drug-likeness (QED) is 0.644. The molecule has 2 aromatic rings. The molecule has 0 aromatic carbocycles. The van der Waals surface area contributed by atoms with Gasteiger partial charge in [0.2, 0.25) is 5.91 Å². The van der Waals surface area contributed by atoms with Crippen LogP contribution in [0.4, 0.5) is 16.6 Å². The lowest BCUT2D eigenvalue weighted by Gasteiger charge is -2.24. The van der Waals surface area contributed by atoms with Crippen LogP contribution in [-0.2, 0) is 4.79 Å². The fourth-order valence-electron chi connectivity index (χ4n) is 3.02. The van der Waals surface area contributed by atoms with Crippen molar-refractivity contribution < 1.29 is 9.59 Å². The van der Waals surface area contributed by atoms with Crippen LogP contribution in [-0.4, -0.2) is 49.7 Å². The number of nitrogens with zero attached hydrogens (tertiary/aromatic N) is 4. The molecule has 27 heavy (non-hydrogen) atoms. The Balaban J connectivity index is 1.80. The number of primary amides is 1. The summed E-state index contributed by atoms with van der Waals surface area (Å²) in [6, 6.07) is 1.84. The first-order valence-electron chi connectivity index (χ1n) is 8.45. The molecule has 4 N–H and O–H groups in total. The second-order valence-electron chi connectivity index (χ2n) is 6.29. The summed E-state index contributed by atoms with van der Waals surface area (Å²) in [7, 11) is 0. The topological polar surface area (TPSA) is 126 Å². The lowest BCUT2D eigenvalue weighted by molar-refractivity contribution is -0.126. The van der Waals surface area contributed by atoms with Crippen LogP contribution < -0.4 is 16.4 Å². The number of nitrogens with two attached hydrogens (primary N) is 1. The number of nitrogens with one attached hydrogen (secondary N) is 2. The highest BCUT2D eigenvalue weighted by Gasteiger charge is 2.33. The van der Waals surface area contributed by atoms with E-state index in [1.165, 1.54) is 23.8 Å². The molecule has 2 aromatic heterocycles. The number of aromatic nitrogens is 3. The maximum atomic E-state index is 11.9. The zero-order valence-electron chi connectivity index (χ0n) is 15.1. The smallest absolute Gasteiger partial charge is 0.271 e. The van der Waals surface area contributed by atoms with Crippen LogP contribution >= 0.6 is 11.5 Å². The van der Waals surface area contributed by atoms with Crippen LogP contribution in [0.1, 0.15) is 29.5 Å². The molecule has 2 amide bonds. The van der Waals surface area contributed by atoms with Crippen molar-refractivity contribution in [3.8, 4) is 0 Å². The van der Waals surface area contributed by atoms with E-state index in [-0.39, 0.29) is 29.5 Å². The van der Waals surface area contributed by atoms with Crippen LogP contribution in [0.3, 0.4) is 0 Å². The molecule has 0 radical (unpaired) electrons. The lowest BCUT2D eigenvalue weighted by Crippen LogP contribution is -2.39.